The zero-order valence-electron chi connectivity index (χ0n) is 15.8. The molecule has 26 heavy (non-hydrogen) atoms. The van der Waals surface area contributed by atoms with Gasteiger partial charge in [-0.15, -0.1) is 0 Å². The van der Waals surface area contributed by atoms with Crippen molar-refractivity contribution in [2.24, 2.45) is 5.92 Å². The molecule has 2 aromatic rings. The highest BCUT2D eigenvalue weighted by molar-refractivity contribution is 5.70. The van der Waals surface area contributed by atoms with Crippen LogP contribution in [0.4, 0.5) is 4.39 Å². The number of allylic oxidation sites excluding steroid dienone is 2. The van der Waals surface area contributed by atoms with E-state index in [4.69, 9.17) is 0 Å². The van der Waals surface area contributed by atoms with Gasteiger partial charge in [-0.3, -0.25) is 0 Å². The first-order valence-corrected chi connectivity index (χ1v) is 10.3. The summed E-state index contributed by atoms with van der Waals surface area (Å²) in [5, 5.41) is 0. The van der Waals surface area contributed by atoms with Crippen LogP contribution in [0.1, 0.15) is 73.6 Å². The molecular weight excluding hydrogens is 319 g/mol. The molecule has 136 valence electrons. The van der Waals surface area contributed by atoms with E-state index in [0.29, 0.717) is 6.42 Å². The van der Waals surface area contributed by atoms with Gasteiger partial charge in [0.05, 0.1) is 0 Å². The van der Waals surface area contributed by atoms with Crippen LogP contribution in [0.3, 0.4) is 0 Å². The zero-order valence-corrected chi connectivity index (χ0v) is 15.8. The summed E-state index contributed by atoms with van der Waals surface area (Å²) in [5.41, 5.74) is 6.15. The van der Waals surface area contributed by atoms with E-state index in [1.807, 2.05) is 6.07 Å². The molecule has 0 nitrogen and oxygen atoms in total. The Morgan fingerprint density at radius 1 is 0.962 bits per heavy atom. The van der Waals surface area contributed by atoms with Crippen LogP contribution in [0, 0.1) is 11.7 Å². The molecule has 0 radical (unpaired) electrons. The van der Waals surface area contributed by atoms with Crippen molar-refractivity contribution in [3.8, 4) is 0 Å². The second-order valence-electron chi connectivity index (χ2n) is 8.12. The van der Waals surface area contributed by atoms with E-state index >= 15 is 0 Å². The minimum Gasteiger partial charge on any atom is -0.207 e. The average molecular weight is 349 g/mol. The molecule has 1 saturated carbocycles. The normalized spacial score (nSPS) is 22.6. The van der Waals surface area contributed by atoms with Crippen molar-refractivity contribution in [3.63, 3.8) is 0 Å². The lowest BCUT2D eigenvalue weighted by molar-refractivity contribution is 0.308. The summed E-state index contributed by atoms with van der Waals surface area (Å²) in [7, 11) is 0. The van der Waals surface area contributed by atoms with Crippen LogP contribution in [0.15, 0.2) is 48.5 Å². The quantitative estimate of drug-likeness (QED) is 0.553. The third-order valence-electron chi connectivity index (χ3n) is 6.45. The molecule has 0 spiro atoms. The Morgan fingerprint density at radius 3 is 2.46 bits per heavy atom. The number of benzene rings is 2. The summed E-state index contributed by atoms with van der Waals surface area (Å²) < 4.78 is 13.9. The highest BCUT2D eigenvalue weighted by Crippen LogP contribution is 2.38. The number of hydrogen-bond acceptors (Lipinski definition) is 0. The fourth-order valence-corrected chi connectivity index (χ4v) is 4.88. The molecule has 0 amide bonds. The van der Waals surface area contributed by atoms with E-state index in [1.54, 1.807) is 6.07 Å². The van der Waals surface area contributed by atoms with Gasteiger partial charge in [0.2, 0.25) is 0 Å². The van der Waals surface area contributed by atoms with E-state index in [1.165, 1.54) is 55.2 Å². The van der Waals surface area contributed by atoms with Crippen LogP contribution < -0.4 is 0 Å². The minimum atomic E-state index is -0.0631. The number of halogens is 1. The van der Waals surface area contributed by atoms with Gasteiger partial charge in [-0.05, 0) is 84.3 Å². The minimum absolute atomic E-state index is 0.0631. The SMILES string of the molecule is CCCC1CCC(c2ccc(C3=CCc4c(F)cccc4C3)cc2)CC1. The monoisotopic (exact) mass is 348 g/mol. The van der Waals surface area contributed by atoms with Crippen LogP contribution in [0.25, 0.3) is 5.57 Å². The highest BCUT2D eigenvalue weighted by atomic mass is 19.1. The number of rotatable bonds is 4. The van der Waals surface area contributed by atoms with Crippen LogP contribution in [0.2, 0.25) is 0 Å². The smallest absolute Gasteiger partial charge is 0.126 e. The molecule has 0 atom stereocenters. The van der Waals surface area contributed by atoms with Crippen molar-refractivity contribution in [3.05, 3.63) is 76.6 Å². The summed E-state index contributed by atoms with van der Waals surface area (Å²) >= 11 is 0. The topological polar surface area (TPSA) is 0 Å². The summed E-state index contributed by atoms with van der Waals surface area (Å²) in [6, 6.07) is 14.7. The number of fused-ring (bicyclic) bond motifs is 1. The maximum Gasteiger partial charge on any atom is 0.126 e. The molecule has 1 heteroatoms. The second-order valence-corrected chi connectivity index (χ2v) is 8.12. The molecule has 0 N–H and O–H groups in total. The van der Waals surface area contributed by atoms with Gasteiger partial charge in [-0.2, -0.15) is 0 Å². The fourth-order valence-electron chi connectivity index (χ4n) is 4.88. The summed E-state index contributed by atoms with van der Waals surface area (Å²) in [6.07, 6.45) is 12.0. The molecule has 2 aromatic carbocycles. The standard InChI is InChI=1S/C25H29F/c1-2-4-18-7-9-19(10-8-18)20-11-13-21(14-12-20)22-15-16-24-23(17-22)5-3-6-25(24)26/h3,5-6,11-15,18-19H,2,4,7-10,16-17H2,1H3. The summed E-state index contributed by atoms with van der Waals surface area (Å²) in [5.74, 6) is 1.64. The van der Waals surface area contributed by atoms with Crippen molar-refractivity contribution in [1.29, 1.82) is 0 Å². The van der Waals surface area contributed by atoms with Gasteiger partial charge in [0, 0.05) is 0 Å². The van der Waals surface area contributed by atoms with Crippen LogP contribution in [-0.4, -0.2) is 0 Å². The molecule has 2 aliphatic rings. The largest absolute Gasteiger partial charge is 0.207 e. The molecule has 0 bridgehead atoms. The van der Waals surface area contributed by atoms with Gasteiger partial charge in [0.1, 0.15) is 5.82 Å². The van der Waals surface area contributed by atoms with Gasteiger partial charge in [-0.1, -0.05) is 62.2 Å². The number of hydrogen-bond donors (Lipinski definition) is 0. The van der Waals surface area contributed by atoms with Gasteiger partial charge in [0.25, 0.3) is 0 Å². The van der Waals surface area contributed by atoms with Crippen LogP contribution in [-0.2, 0) is 12.8 Å². The van der Waals surface area contributed by atoms with E-state index < -0.39 is 0 Å². The van der Waals surface area contributed by atoms with Crippen LogP contribution >= 0.6 is 0 Å². The van der Waals surface area contributed by atoms with Gasteiger partial charge >= 0.3 is 0 Å². The predicted molar refractivity (Wildman–Crippen MR) is 108 cm³/mol. The Morgan fingerprint density at radius 2 is 1.73 bits per heavy atom. The molecule has 0 saturated heterocycles. The van der Waals surface area contributed by atoms with Crippen LogP contribution in [0.5, 0.6) is 0 Å². The molecule has 0 unspecified atom stereocenters. The molecule has 1 fully saturated rings. The molecule has 2 aliphatic carbocycles. The summed E-state index contributed by atoms with van der Waals surface area (Å²) in [4.78, 5) is 0. The first-order valence-electron chi connectivity index (χ1n) is 10.3. The third-order valence-corrected chi connectivity index (χ3v) is 6.45. The Labute approximate surface area is 157 Å². The molecule has 0 aliphatic heterocycles. The maximum absolute atomic E-state index is 13.9. The lowest BCUT2D eigenvalue weighted by atomic mass is 9.77. The first-order chi connectivity index (χ1) is 12.7. The Hall–Kier alpha value is -1.89. The average Bonchev–Trinajstić information content (AvgIpc) is 2.69. The lowest BCUT2D eigenvalue weighted by Crippen LogP contribution is -2.13. The lowest BCUT2D eigenvalue weighted by Gasteiger charge is -2.28. The van der Waals surface area contributed by atoms with E-state index in [-0.39, 0.29) is 5.82 Å². The zero-order chi connectivity index (χ0) is 17.9. The third kappa shape index (κ3) is 3.63. The van der Waals surface area contributed by atoms with Gasteiger partial charge < -0.3 is 0 Å². The fraction of sp³-hybridized carbons (Fsp3) is 0.440. The Bertz CT molecular complexity index is 776. The van der Waals surface area contributed by atoms with Crippen molar-refractivity contribution in [1.82, 2.24) is 0 Å². The Kier molecular flexibility index (Phi) is 5.24. The maximum atomic E-state index is 13.9. The van der Waals surface area contributed by atoms with E-state index in [9.17, 15) is 4.39 Å². The van der Waals surface area contributed by atoms with Crippen molar-refractivity contribution in [2.75, 3.05) is 0 Å². The highest BCUT2D eigenvalue weighted by Gasteiger charge is 2.22. The molecule has 0 aromatic heterocycles. The van der Waals surface area contributed by atoms with Crippen molar-refractivity contribution in [2.45, 2.75) is 64.2 Å². The van der Waals surface area contributed by atoms with E-state index in [2.05, 4.69) is 43.3 Å². The second kappa shape index (κ2) is 7.78. The van der Waals surface area contributed by atoms with Crippen molar-refractivity contribution < 1.29 is 4.39 Å². The molecular formula is C25H29F. The summed E-state index contributed by atoms with van der Waals surface area (Å²) in [6.45, 7) is 2.30. The molecule has 4 rings (SSSR count). The van der Waals surface area contributed by atoms with Gasteiger partial charge in [-0.25, -0.2) is 4.39 Å². The predicted octanol–water partition coefficient (Wildman–Crippen LogP) is 7.08. The van der Waals surface area contributed by atoms with Gasteiger partial charge in [0.15, 0.2) is 0 Å². The molecule has 0 heterocycles. The first kappa shape index (κ1) is 17.5. The van der Waals surface area contributed by atoms with E-state index in [0.717, 1.165) is 29.4 Å². The Balaban J connectivity index is 1.43. The van der Waals surface area contributed by atoms with Crippen molar-refractivity contribution >= 4 is 5.57 Å².